The molecule has 1 aromatic rings. The fourth-order valence-electron chi connectivity index (χ4n) is 0.999. The van der Waals surface area contributed by atoms with Crippen LogP contribution in [-0.4, -0.2) is 16.8 Å². The highest BCUT2D eigenvalue weighted by molar-refractivity contribution is 6.68. The lowest BCUT2D eigenvalue weighted by Gasteiger charge is -2.06. The summed E-state index contributed by atoms with van der Waals surface area (Å²) >= 11 is 5.36. The van der Waals surface area contributed by atoms with Crippen molar-refractivity contribution >= 4 is 16.8 Å². The standard InChI is InChI=1S/C11H10ClNO2/c1-2-3-4-8-15-11-9(10(12)14)6-5-7-13-11/h1,5-7H,3-4,8H2. The van der Waals surface area contributed by atoms with Gasteiger partial charge in [0.25, 0.3) is 5.24 Å². The lowest BCUT2D eigenvalue weighted by atomic mass is 10.3. The summed E-state index contributed by atoms with van der Waals surface area (Å²) in [5.74, 6) is 2.76. The average molecular weight is 224 g/mol. The lowest BCUT2D eigenvalue weighted by Crippen LogP contribution is -2.03. The molecule has 0 saturated carbocycles. The highest BCUT2D eigenvalue weighted by Gasteiger charge is 2.10. The first-order chi connectivity index (χ1) is 7.25. The van der Waals surface area contributed by atoms with Crippen molar-refractivity contribution in [3.63, 3.8) is 0 Å². The van der Waals surface area contributed by atoms with Gasteiger partial charge in [-0.25, -0.2) is 4.98 Å². The molecule has 0 aliphatic rings. The Hall–Kier alpha value is -1.53. The SMILES string of the molecule is C#CCCCOc1ncccc1C(=O)Cl. The molecule has 0 radical (unpaired) electrons. The molecule has 0 N–H and O–H groups in total. The van der Waals surface area contributed by atoms with Gasteiger partial charge in [0, 0.05) is 12.6 Å². The Morgan fingerprint density at radius 1 is 1.67 bits per heavy atom. The minimum absolute atomic E-state index is 0.259. The second-order valence-electron chi connectivity index (χ2n) is 2.79. The van der Waals surface area contributed by atoms with Gasteiger partial charge in [0.05, 0.1) is 12.2 Å². The third-order valence-electron chi connectivity index (χ3n) is 1.69. The van der Waals surface area contributed by atoms with Gasteiger partial charge in [-0.1, -0.05) is 0 Å². The first-order valence-electron chi connectivity index (χ1n) is 4.47. The van der Waals surface area contributed by atoms with Crippen LogP contribution in [0.3, 0.4) is 0 Å². The van der Waals surface area contributed by atoms with Crippen molar-refractivity contribution in [2.24, 2.45) is 0 Å². The molecule has 1 aromatic heterocycles. The van der Waals surface area contributed by atoms with E-state index in [4.69, 9.17) is 22.8 Å². The summed E-state index contributed by atoms with van der Waals surface area (Å²) in [7, 11) is 0. The van der Waals surface area contributed by atoms with Gasteiger partial charge in [-0.3, -0.25) is 4.79 Å². The molecule has 15 heavy (non-hydrogen) atoms. The number of nitrogens with zero attached hydrogens (tertiary/aromatic N) is 1. The minimum atomic E-state index is -0.574. The number of aromatic nitrogens is 1. The Labute approximate surface area is 93.4 Å². The van der Waals surface area contributed by atoms with E-state index in [1.807, 2.05) is 0 Å². The van der Waals surface area contributed by atoms with Crippen molar-refractivity contribution in [3.8, 4) is 18.2 Å². The van der Waals surface area contributed by atoms with Crippen molar-refractivity contribution in [1.82, 2.24) is 4.98 Å². The number of hydrogen-bond acceptors (Lipinski definition) is 3. The van der Waals surface area contributed by atoms with Crippen molar-refractivity contribution in [2.45, 2.75) is 12.8 Å². The second kappa shape index (κ2) is 6.05. The average Bonchev–Trinajstić information content (AvgIpc) is 2.25. The summed E-state index contributed by atoms with van der Waals surface area (Å²) in [4.78, 5) is 14.9. The van der Waals surface area contributed by atoms with E-state index in [-0.39, 0.29) is 11.4 Å². The van der Waals surface area contributed by atoms with Crippen molar-refractivity contribution in [3.05, 3.63) is 23.9 Å². The van der Waals surface area contributed by atoms with E-state index in [1.165, 1.54) is 0 Å². The van der Waals surface area contributed by atoms with Gasteiger partial charge in [-0.15, -0.1) is 12.3 Å². The molecule has 3 nitrogen and oxygen atoms in total. The smallest absolute Gasteiger partial charge is 0.257 e. The number of terminal acetylenes is 1. The van der Waals surface area contributed by atoms with Crippen LogP contribution in [-0.2, 0) is 0 Å². The molecule has 0 unspecified atom stereocenters. The van der Waals surface area contributed by atoms with E-state index in [1.54, 1.807) is 18.3 Å². The Kier molecular flexibility index (Phi) is 4.65. The van der Waals surface area contributed by atoms with Crippen LogP contribution >= 0.6 is 11.6 Å². The Morgan fingerprint density at radius 3 is 3.13 bits per heavy atom. The van der Waals surface area contributed by atoms with Gasteiger partial charge in [0.1, 0.15) is 0 Å². The maximum atomic E-state index is 11.0. The van der Waals surface area contributed by atoms with Gasteiger partial charge >= 0.3 is 0 Å². The van der Waals surface area contributed by atoms with Gasteiger partial charge in [0.2, 0.25) is 5.88 Å². The number of ether oxygens (including phenoxy) is 1. The fourth-order valence-corrected chi connectivity index (χ4v) is 1.14. The number of unbranched alkanes of at least 4 members (excludes halogenated alkanes) is 1. The Morgan fingerprint density at radius 2 is 2.47 bits per heavy atom. The number of hydrogen-bond donors (Lipinski definition) is 0. The molecule has 0 bridgehead atoms. The normalized spacial score (nSPS) is 9.33. The van der Waals surface area contributed by atoms with E-state index in [0.29, 0.717) is 13.0 Å². The van der Waals surface area contributed by atoms with Crippen molar-refractivity contribution < 1.29 is 9.53 Å². The van der Waals surface area contributed by atoms with Gasteiger partial charge < -0.3 is 4.74 Å². The summed E-state index contributed by atoms with van der Waals surface area (Å²) in [6, 6.07) is 3.20. The van der Waals surface area contributed by atoms with E-state index in [9.17, 15) is 4.79 Å². The highest BCUT2D eigenvalue weighted by Crippen LogP contribution is 2.16. The molecule has 0 aromatic carbocycles. The highest BCUT2D eigenvalue weighted by atomic mass is 35.5. The molecular formula is C11H10ClNO2. The zero-order valence-electron chi connectivity index (χ0n) is 8.07. The molecule has 0 spiro atoms. The van der Waals surface area contributed by atoms with Gasteiger partial charge in [0.15, 0.2) is 0 Å². The molecule has 1 heterocycles. The number of pyridine rings is 1. The second-order valence-corrected chi connectivity index (χ2v) is 3.13. The molecule has 0 amide bonds. The largest absolute Gasteiger partial charge is 0.477 e. The van der Waals surface area contributed by atoms with Crippen molar-refractivity contribution in [2.75, 3.05) is 6.61 Å². The summed E-state index contributed by atoms with van der Waals surface area (Å²) in [6.45, 7) is 0.429. The summed E-state index contributed by atoms with van der Waals surface area (Å²) in [6.07, 6.45) is 7.99. The van der Waals surface area contributed by atoms with Crippen LogP contribution in [0.2, 0.25) is 0 Å². The quantitative estimate of drug-likeness (QED) is 0.437. The zero-order valence-corrected chi connectivity index (χ0v) is 8.83. The van der Waals surface area contributed by atoms with Crippen LogP contribution in [0.5, 0.6) is 5.88 Å². The first-order valence-corrected chi connectivity index (χ1v) is 4.84. The molecular weight excluding hydrogens is 214 g/mol. The molecule has 1 rings (SSSR count). The molecule has 0 atom stereocenters. The van der Waals surface area contributed by atoms with Crippen LogP contribution in [0.15, 0.2) is 18.3 Å². The molecule has 0 aliphatic carbocycles. The van der Waals surface area contributed by atoms with E-state index >= 15 is 0 Å². The molecule has 0 aliphatic heterocycles. The number of carbonyl (C=O) groups excluding carboxylic acids is 1. The lowest BCUT2D eigenvalue weighted by molar-refractivity contribution is 0.107. The monoisotopic (exact) mass is 223 g/mol. The topological polar surface area (TPSA) is 39.2 Å². The molecule has 0 fully saturated rings. The predicted molar refractivity (Wildman–Crippen MR) is 58.0 cm³/mol. The zero-order chi connectivity index (χ0) is 11.1. The Balaban J connectivity index is 2.60. The number of halogens is 1. The number of carbonyl (C=O) groups is 1. The maximum absolute atomic E-state index is 11.0. The molecule has 4 heteroatoms. The van der Waals surface area contributed by atoms with E-state index in [0.717, 1.165) is 6.42 Å². The van der Waals surface area contributed by atoms with Crippen molar-refractivity contribution in [1.29, 1.82) is 0 Å². The molecule has 0 saturated heterocycles. The first kappa shape index (κ1) is 11.5. The van der Waals surface area contributed by atoms with Gasteiger partial charge in [-0.2, -0.15) is 0 Å². The number of rotatable bonds is 5. The third kappa shape index (κ3) is 3.61. The fraction of sp³-hybridized carbons (Fsp3) is 0.273. The summed E-state index contributed by atoms with van der Waals surface area (Å²) in [5.41, 5.74) is 0.278. The molecule has 78 valence electrons. The van der Waals surface area contributed by atoms with Crippen LogP contribution in [0.1, 0.15) is 23.2 Å². The third-order valence-corrected chi connectivity index (χ3v) is 1.89. The van der Waals surface area contributed by atoms with E-state index < -0.39 is 5.24 Å². The maximum Gasteiger partial charge on any atom is 0.257 e. The van der Waals surface area contributed by atoms with E-state index in [2.05, 4.69) is 10.9 Å². The van der Waals surface area contributed by atoms with Crippen LogP contribution in [0, 0.1) is 12.3 Å². The summed E-state index contributed by atoms with van der Waals surface area (Å²) < 4.78 is 5.29. The predicted octanol–water partition coefficient (Wildman–Crippen LogP) is 2.25. The van der Waals surface area contributed by atoms with Crippen LogP contribution in [0.25, 0.3) is 0 Å². The minimum Gasteiger partial charge on any atom is -0.477 e. The summed E-state index contributed by atoms with van der Waals surface area (Å²) in [5, 5.41) is -0.574. The van der Waals surface area contributed by atoms with Crippen LogP contribution in [0.4, 0.5) is 0 Å². The Bertz CT molecular complexity index is 384. The van der Waals surface area contributed by atoms with Gasteiger partial charge in [-0.05, 0) is 30.2 Å². The van der Waals surface area contributed by atoms with Crippen LogP contribution < -0.4 is 4.74 Å².